The molecule has 0 bridgehead atoms. The van der Waals surface area contributed by atoms with Gasteiger partial charge in [0.2, 0.25) is 5.91 Å². The van der Waals surface area contributed by atoms with Crippen molar-refractivity contribution in [2.24, 2.45) is 0 Å². The van der Waals surface area contributed by atoms with E-state index in [2.05, 4.69) is 67.8 Å². The number of carbonyl (C=O) groups is 3. The van der Waals surface area contributed by atoms with Gasteiger partial charge in [-0.25, -0.2) is 0 Å². The SMILES string of the molecule is CC/C=C\C/C=C\C/C=C\C/C=C\C/C=C\CC(=O)OC(CCCCCCCCCCCC)CCCCCCCC(=O)NCC(=O)O. The molecule has 268 valence electrons. The van der Waals surface area contributed by atoms with Crippen LogP contribution < -0.4 is 5.32 Å². The Balaban J connectivity index is 4.34. The molecule has 1 unspecified atom stereocenters. The van der Waals surface area contributed by atoms with E-state index in [0.29, 0.717) is 12.8 Å². The first-order chi connectivity index (χ1) is 23.0. The molecule has 0 fully saturated rings. The molecule has 0 heterocycles. The molecule has 0 saturated heterocycles. The second kappa shape index (κ2) is 36.0. The zero-order valence-corrected chi connectivity index (χ0v) is 30.1. The van der Waals surface area contributed by atoms with Gasteiger partial charge >= 0.3 is 11.9 Å². The zero-order valence-electron chi connectivity index (χ0n) is 30.1. The van der Waals surface area contributed by atoms with E-state index in [4.69, 9.17) is 9.84 Å². The Morgan fingerprint density at radius 2 is 1.00 bits per heavy atom. The fourth-order valence-electron chi connectivity index (χ4n) is 5.24. The number of esters is 1. The molecule has 6 nitrogen and oxygen atoms in total. The lowest BCUT2D eigenvalue weighted by atomic mass is 10.0. The molecule has 0 aromatic rings. The third-order valence-electron chi connectivity index (χ3n) is 7.99. The van der Waals surface area contributed by atoms with E-state index in [9.17, 15) is 14.4 Å². The average molecular weight is 656 g/mol. The van der Waals surface area contributed by atoms with Crippen LogP contribution in [0.25, 0.3) is 0 Å². The number of carboxylic acids is 1. The number of unbranched alkanes of at least 4 members (excludes halogenated alkanes) is 13. The van der Waals surface area contributed by atoms with Gasteiger partial charge in [0.15, 0.2) is 0 Å². The predicted octanol–water partition coefficient (Wildman–Crippen LogP) is 11.3. The maximum absolute atomic E-state index is 12.6. The highest BCUT2D eigenvalue weighted by Gasteiger charge is 2.13. The predicted molar refractivity (Wildman–Crippen MR) is 198 cm³/mol. The van der Waals surface area contributed by atoms with Gasteiger partial charge in [-0.15, -0.1) is 0 Å². The lowest BCUT2D eigenvalue weighted by molar-refractivity contribution is -0.148. The Morgan fingerprint density at radius 3 is 1.47 bits per heavy atom. The molecule has 0 aromatic heterocycles. The fraction of sp³-hybridized carbons (Fsp3) is 0.683. The van der Waals surface area contributed by atoms with Gasteiger partial charge < -0.3 is 15.2 Å². The summed E-state index contributed by atoms with van der Waals surface area (Å²) in [4.78, 5) is 34.8. The second-order valence-corrected chi connectivity index (χ2v) is 12.5. The van der Waals surface area contributed by atoms with Crippen LogP contribution in [0.3, 0.4) is 0 Å². The van der Waals surface area contributed by atoms with E-state index in [1.54, 1.807) is 0 Å². The standard InChI is InChI=1S/C41H69NO5/c1-3-5-7-9-11-13-15-16-17-18-19-21-23-28-32-36-41(46)47-38(33-29-25-22-20-14-12-10-8-6-4-2)34-30-26-24-27-31-35-39(43)42-37-40(44)45/h5,7,11,13,16-17,19,21,28,32,38H,3-4,6,8-10,12,14-15,18,20,22-27,29-31,33-37H2,1-2H3,(H,42,43)(H,44,45)/b7-5-,13-11-,17-16-,21-19-,32-28-. The summed E-state index contributed by atoms with van der Waals surface area (Å²) in [7, 11) is 0. The number of carboxylic acid groups (broad SMARTS) is 1. The van der Waals surface area contributed by atoms with Crippen molar-refractivity contribution in [3.05, 3.63) is 60.8 Å². The van der Waals surface area contributed by atoms with Crippen LogP contribution in [0.4, 0.5) is 0 Å². The van der Waals surface area contributed by atoms with E-state index in [0.717, 1.165) is 83.5 Å². The lowest BCUT2D eigenvalue weighted by Crippen LogP contribution is -2.28. The average Bonchev–Trinajstić information content (AvgIpc) is 3.05. The number of hydrogen-bond donors (Lipinski definition) is 2. The van der Waals surface area contributed by atoms with Crippen LogP contribution in [-0.4, -0.2) is 35.6 Å². The largest absolute Gasteiger partial charge is 0.480 e. The molecular formula is C41H69NO5. The Labute approximate surface area is 288 Å². The summed E-state index contributed by atoms with van der Waals surface area (Å²) in [5.74, 6) is -1.37. The van der Waals surface area contributed by atoms with Crippen LogP contribution >= 0.6 is 0 Å². The lowest BCUT2D eigenvalue weighted by Gasteiger charge is -2.18. The van der Waals surface area contributed by atoms with Crippen molar-refractivity contribution in [3.8, 4) is 0 Å². The molecule has 0 aliphatic heterocycles. The highest BCUT2D eigenvalue weighted by molar-refractivity contribution is 5.80. The Bertz CT molecular complexity index is 902. The van der Waals surface area contributed by atoms with E-state index < -0.39 is 5.97 Å². The summed E-state index contributed by atoms with van der Waals surface area (Å²) >= 11 is 0. The maximum atomic E-state index is 12.6. The van der Waals surface area contributed by atoms with Crippen molar-refractivity contribution in [1.82, 2.24) is 5.32 Å². The first-order valence-electron chi connectivity index (χ1n) is 18.9. The molecule has 1 amide bonds. The number of ether oxygens (including phenoxy) is 1. The summed E-state index contributed by atoms with van der Waals surface area (Å²) in [5, 5.41) is 11.1. The van der Waals surface area contributed by atoms with Crippen molar-refractivity contribution >= 4 is 17.8 Å². The molecule has 0 aliphatic carbocycles. The van der Waals surface area contributed by atoms with Crippen LogP contribution in [0.15, 0.2) is 60.8 Å². The van der Waals surface area contributed by atoms with Gasteiger partial charge in [0, 0.05) is 6.42 Å². The van der Waals surface area contributed by atoms with Gasteiger partial charge in [-0.3, -0.25) is 14.4 Å². The Kier molecular flexibility index (Phi) is 33.7. The molecule has 0 rings (SSSR count). The quantitative estimate of drug-likeness (QED) is 0.0417. The number of rotatable bonds is 33. The minimum Gasteiger partial charge on any atom is -0.480 e. The molecule has 2 N–H and O–H groups in total. The van der Waals surface area contributed by atoms with Gasteiger partial charge in [-0.2, -0.15) is 0 Å². The fourth-order valence-corrected chi connectivity index (χ4v) is 5.24. The molecule has 0 aromatic carbocycles. The van der Waals surface area contributed by atoms with Crippen LogP contribution in [0.2, 0.25) is 0 Å². The number of hydrogen-bond acceptors (Lipinski definition) is 4. The van der Waals surface area contributed by atoms with E-state index in [-0.39, 0.29) is 24.5 Å². The molecule has 6 heteroatoms. The molecule has 47 heavy (non-hydrogen) atoms. The summed E-state index contributed by atoms with van der Waals surface area (Å²) in [6.07, 6.45) is 46.3. The van der Waals surface area contributed by atoms with Crippen LogP contribution in [0.1, 0.15) is 168 Å². The van der Waals surface area contributed by atoms with E-state index >= 15 is 0 Å². The number of carbonyl (C=O) groups excluding carboxylic acids is 2. The summed E-state index contributed by atoms with van der Waals surface area (Å²) in [5.41, 5.74) is 0. The minimum atomic E-state index is -1.02. The smallest absolute Gasteiger partial charge is 0.322 e. The van der Waals surface area contributed by atoms with E-state index in [1.807, 2.05) is 12.2 Å². The molecule has 0 aliphatic rings. The van der Waals surface area contributed by atoms with Gasteiger partial charge in [0.25, 0.3) is 0 Å². The Morgan fingerprint density at radius 1 is 0.574 bits per heavy atom. The number of aliphatic carboxylic acids is 1. The van der Waals surface area contributed by atoms with E-state index in [1.165, 1.54) is 57.8 Å². The van der Waals surface area contributed by atoms with Gasteiger partial charge in [-0.1, -0.05) is 152 Å². The van der Waals surface area contributed by atoms with Gasteiger partial charge in [0.05, 0.1) is 6.42 Å². The number of nitrogens with one attached hydrogen (secondary N) is 1. The molecule has 0 saturated carbocycles. The summed E-state index contributed by atoms with van der Waals surface area (Å²) in [6.45, 7) is 4.08. The first-order valence-corrected chi connectivity index (χ1v) is 18.9. The molecule has 0 spiro atoms. The van der Waals surface area contributed by atoms with Crippen molar-refractivity contribution in [2.45, 2.75) is 174 Å². The first kappa shape index (κ1) is 44.1. The highest BCUT2D eigenvalue weighted by Crippen LogP contribution is 2.18. The van der Waals surface area contributed by atoms with Crippen molar-refractivity contribution in [3.63, 3.8) is 0 Å². The number of amides is 1. The zero-order chi connectivity index (χ0) is 34.5. The molecule has 0 radical (unpaired) electrons. The maximum Gasteiger partial charge on any atom is 0.322 e. The normalized spacial score (nSPS) is 12.7. The van der Waals surface area contributed by atoms with Crippen molar-refractivity contribution in [1.29, 1.82) is 0 Å². The summed E-state index contributed by atoms with van der Waals surface area (Å²) in [6, 6.07) is 0. The van der Waals surface area contributed by atoms with Crippen LogP contribution in [0.5, 0.6) is 0 Å². The van der Waals surface area contributed by atoms with Crippen molar-refractivity contribution < 1.29 is 24.2 Å². The second-order valence-electron chi connectivity index (χ2n) is 12.5. The highest BCUT2D eigenvalue weighted by atomic mass is 16.5. The molecule has 1 atom stereocenters. The van der Waals surface area contributed by atoms with Crippen LogP contribution in [0, 0.1) is 0 Å². The topological polar surface area (TPSA) is 92.7 Å². The monoisotopic (exact) mass is 656 g/mol. The minimum absolute atomic E-state index is 0.0268. The third kappa shape index (κ3) is 35.8. The van der Waals surface area contributed by atoms with Crippen LogP contribution in [-0.2, 0) is 19.1 Å². The molecular weight excluding hydrogens is 586 g/mol. The third-order valence-corrected chi connectivity index (χ3v) is 7.99. The number of allylic oxidation sites excluding steroid dienone is 9. The van der Waals surface area contributed by atoms with Gasteiger partial charge in [0.1, 0.15) is 12.6 Å². The van der Waals surface area contributed by atoms with Crippen molar-refractivity contribution in [2.75, 3.05) is 6.54 Å². The summed E-state index contributed by atoms with van der Waals surface area (Å²) < 4.78 is 5.93. The Hall–Kier alpha value is -2.89. The van der Waals surface area contributed by atoms with Gasteiger partial charge in [-0.05, 0) is 64.2 Å².